The molecular weight excluding hydrogens is 276 g/mol. The Morgan fingerprint density at radius 2 is 1.88 bits per heavy atom. The fourth-order valence-corrected chi connectivity index (χ4v) is 3.72. The van der Waals surface area contributed by atoms with Gasteiger partial charge >= 0.3 is 0 Å². The fraction of sp³-hybridized carbons (Fsp3) is 0.571. The number of rotatable bonds is 0. The first-order chi connectivity index (χ1) is 8.11. The van der Waals surface area contributed by atoms with Crippen molar-refractivity contribution in [1.82, 2.24) is 4.90 Å². The van der Waals surface area contributed by atoms with E-state index in [0.29, 0.717) is 5.41 Å². The number of anilines is 1. The molecule has 0 bridgehead atoms. The van der Waals surface area contributed by atoms with Crippen LogP contribution in [0.3, 0.4) is 0 Å². The second-order valence-corrected chi connectivity index (χ2v) is 6.52. The Kier molecular flexibility index (Phi) is 2.71. The number of fused-ring (bicyclic) bond motifs is 2. The van der Waals surface area contributed by atoms with E-state index in [-0.39, 0.29) is 0 Å². The van der Waals surface area contributed by atoms with Gasteiger partial charge in [-0.2, -0.15) is 0 Å². The van der Waals surface area contributed by atoms with Gasteiger partial charge in [0.2, 0.25) is 0 Å². The molecule has 0 aromatic heterocycles. The van der Waals surface area contributed by atoms with Gasteiger partial charge in [0.25, 0.3) is 0 Å². The monoisotopic (exact) mass is 294 g/mol. The number of likely N-dealkylation sites (tertiary alicyclic amines) is 1. The van der Waals surface area contributed by atoms with Gasteiger partial charge in [-0.1, -0.05) is 22.0 Å². The summed E-state index contributed by atoms with van der Waals surface area (Å²) in [6.07, 6.45) is 2.59. The number of likely N-dealkylation sites (N-methyl/N-ethyl adjacent to an activating group) is 1. The van der Waals surface area contributed by atoms with Crippen molar-refractivity contribution in [3.63, 3.8) is 0 Å². The molecule has 0 unspecified atom stereocenters. The van der Waals surface area contributed by atoms with Crippen molar-refractivity contribution in [2.75, 3.05) is 38.6 Å². The van der Waals surface area contributed by atoms with Crippen LogP contribution in [0, 0.1) is 0 Å². The molecule has 2 aliphatic rings. The fourth-order valence-electron chi connectivity index (χ4n) is 3.37. The molecule has 1 fully saturated rings. The molecule has 0 aliphatic carbocycles. The van der Waals surface area contributed by atoms with Crippen LogP contribution in [0.15, 0.2) is 22.7 Å². The summed E-state index contributed by atoms with van der Waals surface area (Å²) in [4.78, 5) is 4.87. The maximum absolute atomic E-state index is 3.58. The zero-order chi connectivity index (χ0) is 12.0. The summed E-state index contributed by atoms with van der Waals surface area (Å²) >= 11 is 3.58. The second kappa shape index (κ2) is 3.99. The predicted octanol–water partition coefficient (Wildman–Crippen LogP) is 2.86. The maximum Gasteiger partial charge on any atom is 0.0414 e. The minimum Gasteiger partial charge on any atom is -0.373 e. The van der Waals surface area contributed by atoms with E-state index in [1.165, 1.54) is 42.6 Å². The molecule has 3 rings (SSSR count). The summed E-state index contributed by atoms with van der Waals surface area (Å²) in [7, 11) is 4.45. The summed E-state index contributed by atoms with van der Waals surface area (Å²) in [6, 6.07) is 6.79. The van der Waals surface area contributed by atoms with Crippen molar-refractivity contribution in [1.29, 1.82) is 0 Å². The molecule has 1 aromatic rings. The average Bonchev–Trinajstić information content (AvgIpc) is 2.57. The van der Waals surface area contributed by atoms with E-state index in [9.17, 15) is 0 Å². The number of benzene rings is 1. The lowest BCUT2D eigenvalue weighted by Crippen LogP contribution is -2.43. The molecule has 1 saturated heterocycles. The Bertz CT molecular complexity index is 436. The van der Waals surface area contributed by atoms with Gasteiger partial charge in [0.1, 0.15) is 0 Å². The van der Waals surface area contributed by atoms with Gasteiger partial charge < -0.3 is 9.80 Å². The topological polar surface area (TPSA) is 6.48 Å². The maximum atomic E-state index is 3.58. The van der Waals surface area contributed by atoms with Gasteiger partial charge in [-0.05, 0) is 50.7 Å². The zero-order valence-electron chi connectivity index (χ0n) is 10.5. The first kappa shape index (κ1) is 11.5. The van der Waals surface area contributed by atoms with Gasteiger partial charge in [0.05, 0.1) is 0 Å². The second-order valence-electron chi connectivity index (χ2n) is 5.60. The third kappa shape index (κ3) is 1.80. The van der Waals surface area contributed by atoms with Crippen molar-refractivity contribution in [2.45, 2.75) is 18.3 Å². The molecule has 2 heterocycles. The van der Waals surface area contributed by atoms with Crippen LogP contribution in [0.25, 0.3) is 0 Å². The third-order valence-corrected chi connectivity index (χ3v) is 4.92. The molecule has 0 atom stereocenters. The van der Waals surface area contributed by atoms with Crippen LogP contribution in [0.1, 0.15) is 18.4 Å². The van der Waals surface area contributed by atoms with Gasteiger partial charge in [-0.25, -0.2) is 0 Å². The molecule has 1 aromatic carbocycles. The minimum absolute atomic E-state index is 0.414. The normalized spacial score (nSPS) is 23.1. The molecule has 0 N–H and O–H groups in total. The van der Waals surface area contributed by atoms with E-state index in [1.807, 2.05) is 0 Å². The summed E-state index contributed by atoms with van der Waals surface area (Å²) in [5.74, 6) is 0. The summed E-state index contributed by atoms with van der Waals surface area (Å²) in [5.41, 5.74) is 3.40. The van der Waals surface area contributed by atoms with Crippen LogP contribution >= 0.6 is 15.9 Å². The summed E-state index contributed by atoms with van der Waals surface area (Å²) in [6.45, 7) is 3.64. The van der Waals surface area contributed by atoms with Crippen molar-refractivity contribution in [2.24, 2.45) is 0 Å². The standard InChI is InChI=1S/C14H19BrN2/c1-16-7-5-14(6-8-16)10-17(2)13-9-11(15)3-4-12(13)14/h3-4,9H,5-8,10H2,1-2H3. The first-order valence-electron chi connectivity index (χ1n) is 6.30. The lowest BCUT2D eigenvalue weighted by Gasteiger charge is -2.38. The number of hydrogen-bond donors (Lipinski definition) is 0. The lowest BCUT2D eigenvalue weighted by molar-refractivity contribution is 0.197. The van der Waals surface area contributed by atoms with Crippen molar-refractivity contribution < 1.29 is 0 Å². The van der Waals surface area contributed by atoms with Crippen LogP contribution in [0.2, 0.25) is 0 Å². The molecule has 2 aliphatic heterocycles. The molecule has 0 saturated carbocycles. The SMILES string of the molecule is CN1CCC2(CC1)CN(C)c1cc(Br)ccc12. The highest BCUT2D eigenvalue weighted by molar-refractivity contribution is 9.10. The van der Waals surface area contributed by atoms with Gasteiger partial charge in [-0.15, -0.1) is 0 Å². The highest BCUT2D eigenvalue weighted by Gasteiger charge is 2.42. The molecule has 3 heteroatoms. The van der Waals surface area contributed by atoms with Crippen LogP contribution in [0.5, 0.6) is 0 Å². The third-order valence-electron chi connectivity index (χ3n) is 4.43. The number of hydrogen-bond acceptors (Lipinski definition) is 2. The minimum atomic E-state index is 0.414. The van der Waals surface area contributed by atoms with E-state index < -0.39 is 0 Å². The Morgan fingerprint density at radius 1 is 1.18 bits per heavy atom. The van der Waals surface area contributed by atoms with E-state index in [2.05, 4.69) is 58.0 Å². The largest absolute Gasteiger partial charge is 0.373 e. The highest BCUT2D eigenvalue weighted by atomic mass is 79.9. The van der Waals surface area contributed by atoms with Crippen LogP contribution in [0.4, 0.5) is 5.69 Å². The zero-order valence-corrected chi connectivity index (χ0v) is 12.1. The van der Waals surface area contributed by atoms with Crippen LogP contribution < -0.4 is 4.90 Å². The number of nitrogens with zero attached hydrogens (tertiary/aromatic N) is 2. The van der Waals surface area contributed by atoms with E-state index >= 15 is 0 Å². The number of halogens is 1. The Hall–Kier alpha value is -0.540. The van der Waals surface area contributed by atoms with Crippen molar-refractivity contribution in [3.05, 3.63) is 28.2 Å². The van der Waals surface area contributed by atoms with Crippen molar-refractivity contribution in [3.8, 4) is 0 Å². The van der Waals surface area contributed by atoms with Gasteiger partial charge in [0, 0.05) is 29.2 Å². The lowest BCUT2D eigenvalue weighted by atomic mass is 9.74. The van der Waals surface area contributed by atoms with Crippen LogP contribution in [-0.4, -0.2) is 38.6 Å². The molecule has 2 nitrogen and oxygen atoms in total. The van der Waals surface area contributed by atoms with Gasteiger partial charge in [0.15, 0.2) is 0 Å². The molecular formula is C14H19BrN2. The molecule has 1 spiro atoms. The Labute approximate surface area is 112 Å². The summed E-state index contributed by atoms with van der Waals surface area (Å²) < 4.78 is 1.19. The average molecular weight is 295 g/mol. The molecule has 0 amide bonds. The molecule has 17 heavy (non-hydrogen) atoms. The first-order valence-corrected chi connectivity index (χ1v) is 7.10. The Morgan fingerprint density at radius 3 is 2.59 bits per heavy atom. The van der Waals surface area contributed by atoms with E-state index in [0.717, 1.165) is 0 Å². The van der Waals surface area contributed by atoms with E-state index in [4.69, 9.17) is 0 Å². The smallest absolute Gasteiger partial charge is 0.0414 e. The predicted molar refractivity (Wildman–Crippen MR) is 75.8 cm³/mol. The van der Waals surface area contributed by atoms with E-state index in [1.54, 1.807) is 5.56 Å². The molecule has 0 radical (unpaired) electrons. The quantitative estimate of drug-likeness (QED) is 0.726. The highest BCUT2D eigenvalue weighted by Crippen LogP contribution is 2.46. The van der Waals surface area contributed by atoms with Gasteiger partial charge in [-0.3, -0.25) is 0 Å². The van der Waals surface area contributed by atoms with Crippen molar-refractivity contribution >= 4 is 21.6 Å². The van der Waals surface area contributed by atoms with Crippen LogP contribution in [-0.2, 0) is 5.41 Å². The number of piperidine rings is 1. The molecule has 92 valence electrons. The Balaban J connectivity index is 2.01. The summed E-state index contributed by atoms with van der Waals surface area (Å²) in [5, 5.41) is 0.